The van der Waals surface area contributed by atoms with Gasteiger partial charge in [0.25, 0.3) is 5.91 Å². The van der Waals surface area contributed by atoms with Crippen LogP contribution in [0.25, 0.3) is 0 Å². The van der Waals surface area contributed by atoms with Gasteiger partial charge in [-0.05, 0) is 62.5 Å². The van der Waals surface area contributed by atoms with Gasteiger partial charge in [-0.3, -0.25) is 4.79 Å². The Morgan fingerprint density at radius 2 is 2.11 bits per heavy atom. The van der Waals surface area contributed by atoms with Crippen LogP contribution in [0, 0.1) is 12.8 Å². The van der Waals surface area contributed by atoms with Gasteiger partial charge >= 0.3 is 0 Å². The number of carbonyl (C=O) groups is 1. The second-order valence-electron chi connectivity index (χ2n) is 5.34. The Bertz CT molecular complexity index is 455. The normalized spacial score (nSPS) is 16.4. The van der Waals surface area contributed by atoms with Crippen molar-refractivity contribution in [2.45, 2.75) is 19.8 Å². The van der Waals surface area contributed by atoms with Crippen molar-refractivity contribution < 1.29 is 4.79 Å². The largest absolute Gasteiger partial charge is 0.341 e. The molecule has 1 N–H and O–H groups in total. The summed E-state index contributed by atoms with van der Waals surface area (Å²) in [4.78, 5) is 14.2. The lowest BCUT2D eigenvalue weighted by atomic mass is 9.97. The third-order valence-corrected chi connectivity index (χ3v) is 4.63. The lowest BCUT2D eigenvalue weighted by Crippen LogP contribution is -2.37. The third-order valence-electron chi connectivity index (χ3n) is 3.74. The van der Waals surface area contributed by atoms with Crippen molar-refractivity contribution in [1.29, 1.82) is 0 Å². The van der Waals surface area contributed by atoms with E-state index >= 15 is 0 Å². The van der Waals surface area contributed by atoms with Crippen LogP contribution in [0.1, 0.15) is 28.8 Å². The first-order valence-corrected chi connectivity index (χ1v) is 7.59. The molecule has 104 valence electrons. The molecule has 0 spiro atoms. The fraction of sp³-hybridized carbons (Fsp3) is 0.533. The van der Waals surface area contributed by atoms with Gasteiger partial charge in [-0.1, -0.05) is 15.9 Å². The Labute approximate surface area is 123 Å². The molecular weight excluding hydrogens is 304 g/mol. The second-order valence-corrected chi connectivity index (χ2v) is 6.20. The van der Waals surface area contributed by atoms with Gasteiger partial charge in [-0.2, -0.15) is 0 Å². The van der Waals surface area contributed by atoms with Gasteiger partial charge in [-0.25, -0.2) is 0 Å². The monoisotopic (exact) mass is 324 g/mol. The fourth-order valence-electron chi connectivity index (χ4n) is 2.53. The average Bonchev–Trinajstić information content (AvgIpc) is 2.42. The summed E-state index contributed by atoms with van der Waals surface area (Å²) >= 11 is 3.46. The quantitative estimate of drug-likeness (QED) is 0.927. The first kappa shape index (κ1) is 14.5. The molecule has 1 aliphatic rings. The average molecular weight is 325 g/mol. The molecule has 4 heteroatoms. The molecule has 1 amide bonds. The van der Waals surface area contributed by atoms with Gasteiger partial charge in [0.2, 0.25) is 0 Å². The first-order valence-electron chi connectivity index (χ1n) is 6.80. The summed E-state index contributed by atoms with van der Waals surface area (Å²) in [6.07, 6.45) is 2.33. The molecule has 1 aliphatic heterocycles. The van der Waals surface area contributed by atoms with Crippen LogP contribution >= 0.6 is 15.9 Å². The maximum absolute atomic E-state index is 12.4. The highest BCUT2D eigenvalue weighted by Crippen LogP contribution is 2.19. The van der Waals surface area contributed by atoms with E-state index in [9.17, 15) is 4.79 Å². The number of benzene rings is 1. The molecule has 0 bridgehead atoms. The van der Waals surface area contributed by atoms with Crippen molar-refractivity contribution in [3.05, 3.63) is 33.8 Å². The predicted octanol–water partition coefficient (Wildman–Crippen LogP) is 2.83. The van der Waals surface area contributed by atoms with Crippen molar-refractivity contribution in [3.63, 3.8) is 0 Å². The molecule has 0 saturated carbocycles. The number of nitrogens with zero attached hydrogens (tertiary/aromatic N) is 1. The van der Waals surface area contributed by atoms with E-state index in [1.54, 1.807) is 0 Å². The molecule has 1 heterocycles. The van der Waals surface area contributed by atoms with Gasteiger partial charge in [0.05, 0.1) is 0 Å². The van der Waals surface area contributed by atoms with Crippen LogP contribution in [-0.4, -0.2) is 37.5 Å². The molecule has 3 nitrogen and oxygen atoms in total. The third kappa shape index (κ3) is 3.80. The minimum absolute atomic E-state index is 0.120. The number of nitrogens with one attached hydrogen (secondary N) is 1. The number of rotatable bonds is 3. The van der Waals surface area contributed by atoms with Gasteiger partial charge < -0.3 is 10.2 Å². The molecule has 1 aromatic rings. The zero-order chi connectivity index (χ0) is 13.8. The van der Waals surface area contributed by atoms with Crippen LogP contribution in [0.3, 0.4) is 0 Å². The Morgan fingerprint density at radius 1 is 1.42 bits per heavy atom. The summed E-state index contributed by atoms with van der Waals surface area (Å²) in [5, 5.41) is 3.35. The summed E-state index contributed by atoms with van der Waals surface area (Å²) in [6, 6.07) is 5.78. The second kappa shape index (κ2) is 6.53. The van der Waals surface area contributed by atoms with E-state index in [0.717, 1.165) is 48.1 Å². The van der Waals surface area contributed by atoms with Crippen LogP contribution in [0.15, 0.2) is 22.7 Å². The van der Waals surface area contributed by atoms with E-state index in [1.807, 2.05) is 37.1 Å². The van der Waals surface area contributed by atoms with Crippen molar-refractivity contribution in [2.24, 2.45) is 5.92 Å². The molecule has 1 saturated heterocycles. The van der Waals surface area contributed by atoms with Crippen LogP contribution in [0.2, 0.25) is 0 Å². The van der Waals surface area contributed by atoms with E-state index in [0.29, 0.717) is 5.92 Å². The van der Waals surface area contributed by atoms with Crippen LogP contribution in [-0.2, 0) is 0 Å². The van der Waals surface area contributed by atoms with Crippen LogP contribution in [0.4, 0.5) is 0 Å². The molecule has 19 heavy (non-hydrogen) atoms. The molecule has 1 aromatic carbocycles. The Kier molecular flexibility index (Phi) is 4.99. The highest BCUT2D eigenvalue weighted by molar-refractivity contribution is 9.10. The molecule has 0 aliphatic carbocycles. The minimum atomic E-state index is 0.120. The van der Waals surface area contributed by atoms with Crippen molar-refractivity contribution in [2.75, 3.05) is 26.7 Å². The topological polar surface area (TPSA) is 32.3 Å². The highest BCUT2D eigenvalue weighted by Gasteiger charge is 2.19. The zero-order valence-electron chi connectivity index (χ0n) is 11.6. The molecule has 0 radical (unpaired) electrons. The summed E-state index contributed by atoms with van der Waals surface area (Å²) in [7, 11) is 1.90. The van der Waals surface area contributed by atoms with E-state index in [4.69, 9.17) is 0 Å². The molecule has 1 fully saturated rings. The predicted molar refractivity (Wildman–Crippen MR) is 81.4 cm³/mol. The zero-order valence-corrected chi connectivity index (χ0v) is 13.2. The number of amides is 1. The molecular formula is C15H21BrN2O. The van der Waals surface area contributed by atoms with Gasteiger partial charge in [-0.15, -0.1) is 0 Å². The summed E-state index contributed by atoms with van der Waals surface area (Å²) < 4.78 is 1.05. The lowest BCUT2D eigenvalue weighted by Gasteiger charge is -2.27. The Morgan fingerprint density at radius 3 is 2.74 bits per heavy atom. The van der Waals surface area contributed by atoms with E-state index in [1.165, 1.54) is 0 Å². The summed E-state index contributed by atoms with van der Waals surface area (Å²) in [5.74, 6) is 0.751. The van der Waals surface area contributed by atoms with Gasteiger partial charge in [0.1, 0.15) is 0 Å². The van der Waals surface area contributed by atoms with E-state index in [2.05, 4.69) is 21.2 Å². The van der Waals surface area contributed by atoms with Crippen molar-refractivity contribution in [1.82, 2.24) is 10.2 Å². The van der Waals surface area contributed by atoms with Crippen molar-refractivity contribution in [3.8, 4) is 0 Å². The van der Waals surface area contributed by atoms with Crippen LogP contribution in [0.5, 0.6) is 0 Å². The van der Waals surface area contributed by atoms with Gasteiger partial charge in [0.15, 0.2) is 0 Å². The SMILES string of the molecule is Cc1cc(C(=O)N(C)CC2CCNCC2)ccc1Br. The lowest BCUT2D eigenvalue weighted by molar-refractivity contribution is 0.0762. The smallest absolute Gasteiger partial charge is 0.253 e. The maximum Gasteiger partial charge on any atom is 0.253 e. The summed E-state index contributed by atoms with van der Waals surface area (Å²) in [6.45, 7) is 5.01. The Hall–Kier alpha value is -0.870. The molecule has 0 aromatic heterocycles. The Balaban J connectivity index is 1.99. The van der Waals surface area contributed by atoms with Crippen LogP contribution < -0.4 is 5.32 Å². The minimum Gasteiger partial charge on any atom is -0.341 e. The van der Waals surface area contributed by atoms with Gasteiger partial charge in [0, 0.05) is 23.6 Å². The first-order chi connectivity index (χ1) is 9.08. The standard InChI is InChI=1S/C15H21BrN2O/c1-11-9-13(3-4-14(11)16)15(19)18(2)10-12-5-7-17-8-6-12/h3-4,9,12,17H,5-8,10H2,1-2H3. The van der Waals surface area contributed by atoms with E-state index in [-0.39, 0.29) is 5.91 Å². The molecule has 0 unspecified atom stereocenters. The number of carbonyl (C=O) groups excluding carboxylic acids is 1. The molecule has 0 atom stereocenters. The fourth-order valence-corrected chi connectivity index (χ4v) is 2.78. The number of hydrogen-bond acceptors (Lipinski definition) is 2. The van der Waals surface area contributed by atoms with Crippen molar-refractivity contribution >= 4 is 21.8 Å². The molecule has 2 rings (SSSR count). The highest BCUT2D eigenvalue weighted by atomic mass is 79.9. The van der Waals surface area contributed by atoms with E-state index < -0.39 is 0 Å². The maximum atomic E-state index is 12.4. The number of hydrogen-bond donors (Lipinski definition) is 1. The number of halogens is 1. The number of piperidine rings is 1. The number of aryl methyl sites for hydroxylation is 1. The summed E-state index contributed by atoms with van der Waals surface area (Å²) in [5.41, 5.74) is 1.87.